The number of carbonyl (C=O) groups is 1. The lowest BCUT2D eigenvalue weighted by Gasteiger charge is -2.23. The molecule has 180 valence electrons. The minimum atomic E-state index is -0.795. The van der Waals surface area contributed by atoms with Crippen LogP contribution in [0.15, 0.2) is 45.6 Å². The maximum Gasteiger partial charge on any atom is 0.297 e. The molecule has 0 fully saturated rings. The molecule has 0 unspecified atom stereocenters. The fraction of sp³-hybridized carbons (Fsp3) is 0.280. The van der Waals surface area contributed by atoms with Crippen molar-refractivity contribution in [1.29, 1.82) is 0 Å². The molecule has 5 rings (SSSR count). The van der Waals surface area contributed by atoms with Crippen LogP contribution in [0.4, 0.5) is 5.13 Å². The van der Waals surface area contributed by atoms with Crippen LogP contribution in [0.2, 0.25) is 5.02 Å². The summed E-state index contributed by atoms with van der Waals surface area (Å²) in [4.78, 5) is 28.9. The lowest BCUT2D eigenvalue weighted by molar-refractivity contribution is 0.0970. The van der Waals surface area contributed by atoms with Gasteiger partial charge in [0.1, 0.15) is 10.6 Å². The number of carbonyl (C=O) groups excluding carboxylic acids is 1. The van der Waals surface area contributed by atoms with Gasteiger partial charge in [-0.2, -0.15) is 0 Å². The predicted octanol–water partition coefficient (Wildman–Crippen LogP) is 5.26. The maximum absolute atomic E-state index is 13.7. The van der Waals surface area contributed by atoms with Gasteiger partial charge in [-0.25, -0.2) is 0 Å². The number of benzene rings is 2. The standard InChI is InChI=1S/C25H22ClN3O5S/c1-12(2)9-19-27-28-25(35-19)29-21(13-5-7-17(32-3)18(10-13)33-4)20-22(30)15-11-14(26)6-8-16(15)34-23(20)24(29)31/h5-8,10-12,21H,9H2,1-4H3/t21-/m1/s1. The van der Waals surface area contributed by atoms with Gasteiger partial charge in [-0.15, -0.1) is 10.2 Å². The summed E-state index contributed by atoms with van der Waals surface area (Å²) in [5.41, 5.74) is 0.824. The van der Waals surface area contributed by atoms with Crippen molar-refractivity contribution in [3.8, 4) is 11.5 Å². The topological polar surface area (TPSA) is 94.8 Å². The Morgan fingerprint density at radius 2 is 1.86 bits per heavy atom. The molecule has 1 aliphatic heterocycles. The number of hydrogen-bond donors (Lipinski definition) is 0. The second-order valence-corrected chi connectivity index (χ2v) is 10.1. The van der Waals surface area contributed by atoms with Crippen LogP contribution in [-0.4, -0.2) is 30.3 Å². The lowest BCUT2D eigenvalue weighted by Crippen LogP contribution is -2.29. The van der Waals surface area contributed by atoms with Gasteiger partial charge in [0.05, 0.1) is 31.2 Å². The van der Waals surface area contributed by atoms with Crippen LogP contribution in [0, 0.1) is 5.92 Å². The average Bonchev–Trinajstić information content (AvgIpc) is 3.40. The van der Waals surface area contributed by atoms with Crippen LogP contribution >= 0.6 is 22.9 Å². The van der Waals surface area contributed by atoms with Gasteiger partial charge < -0.3 is 13.9 Å². The summed E-state index contributed by atoms with van der Waals surface area (Å²) in [5.74, 6) is 0.894. The predicted molar refractivity (Wildman–Crippen MR) is 134 cm³/mol. The zero-order chi connectivity index (χ0) is 24.9. The summed E-state index contributed by atoms with van der Waals surface area (Å²) in [6.45, 7) is 4.17. The molecule has 0 spiro atoms. The summed E-state index contributed by atoms with van der Waals surface area (Å²) >= 11 is 7.48. The zero-order valence-electron chi connectivity index (χ0n) is 19.5. The number of amides is 1. The summed E-state index contributed by atoms with van der Waals surface area (Å²) in [6.07, 6.45) is 0.729. The molecule has 1 atom stereocenters. The van der Waals surface area contributed by atoms with E-state index in [0.717, 1.165) is 11.4 Å². The van der Waals surface area contributed by atoms with E-state index in [1.54, 1.807) is 43.5 Å². The third-order valence-electron chi connectivity index (χ3n) is 5.80. The third kappa shape index (κ3) is 3.94. The molecular weight excluding hydrogens is 490 g/mol. The number of rotatable bonds is 6. The highest BCUT2D eigenvalue weighted by Crippen LogP contribution is 2.44. The average molecular weight is 512 g/mol. The second kappa shape index (κ2) is 8.98. The van der Waals surface area contributed by atoms with Crippen LogP contribution < -0.4 is 19.8 Å². The number of fused-ring (bicyclic) bond motifs is 2. The Labute approximate surface area is 210 Å². The molecule has 0 saturated heterocycles. The van der Waals surface area contributed by atoms with Crippen molar-refractivity contribution >= 4 is 44.9 Å². The van der Waals surface area contributed by atoms with Crippen LogP contribution in [0.25, 0.3) is 11.0 Å². The van der Waals surface area contributed by atoms with Crippen LogP contribution in [0.5, 0.6) is 11.5 Å². The van der Waals surface area contributed by atoms with Crippen molar-refractivity contribution < 1.29 is 18.7 Å². The Kier molecular flexibility index (Phi) is 5.98. The first-order valence-electron chi connectivity index (χ1n) is 11.0. The van der Waals surface area contributed by atoms with E-state index in [0.29, 0.717) is 38.5 Å². The first-order valence-corrected chi connectivity index (χ1v) is 12.2. The Bertz CT molecular complexity index is 1510. The maximum atomic E-state index is 13.7. The monoisotopic (exact) mass is 511 g/mol. The van der Waals surface area contributed by atoms with E-state index in [9.17, 15) is 9.59 Å². The summed E-state index contributed by atoms with van der Waals surface area (Å²) < 4.78 is 16.8. The minimum absolute atomic E-state index is 0.0229. The first kappa shape index (κ1) is 23.3. The SMILES string of the molecule is COc1ccc([C@@H]2c3c(oc4ccc(Cl)cc4c3=O)C(=O)N2c2nnc(CC(C)C)s2)cc1OC. The number of nitrogens with zero attached hydrogens (tertiary/aromatic N) is 3. The van der Waals surface area contributed by atoms with E-state index in [1.807, 2.05) is 0 Å². The van der Waals surface area contributed by atoms with E-state index in [1.165, 1.54) is 23.3 Å². The fourth-order valence-corrected chi connectivity index (χ4v) is 5.50. The van der Waals surface area contributed by atoms with Gasteiger partial charge >= 0.3 is 0 Å². The summed E-state index contributed by atoms with van der Waals surface area (Å²) in [5, 5.41) is 10.5. The number of aromatic nitrogens is 2. The molecule has 0 radical (unpaired) electrons. The quantitative estimate of drug-likeness (QED) is 0.348. The van der Waals surface area contributed by atoms with Crippen molar-refractivity contribution in [2.75, 3.05) is 19.1 Å². The summed E-state index contributed by atoms with van der Waals surface area (Å²) in [7, 11) is 3.07. The highest BCUT2D eigenvalue weighted by Gasteiger charge is 2.45. The van der Waals surface area contributed by atoms with E-state index in [-0.39, 0.29) is 22.3 Å². The van der Waals surface area contributed by atoms with E-state index in [2.05, 4.69) is 24.0 Å². The number of anilines is 1. The zero-order valence-corrected chi connectivity index (χ0v) is 21.1. The molecule has 35 heavy (non-hydrogen) atoms. The van der Waals surface area contributed by atoms with E-state index < -0.39 is 11.9 Å². The van der Waals surface area contributed by atoms with Crippen LogP contribution in [0.3, 0.4) is 0 Å². The van der Waals surface area contributed by atoms with Gasteiger partial charge in [0, 0.05) is 11.4 Å². The van der Waals surface area contributed by atoms with Gasteiger partial charge in [-0.1, -0.05) is 42.9 Å². The molecule has 0 aliphatic carbocycles. The van der Waals surface area contributed by atoms with Gasteiger partial charge in [-0.3, -0.25) is 14.5 Å². The molecule has 2 aromatic carbocycles. The third-order valence-corrected chi connectivity index (χ3v) is 6.98. The lowest BCUT2D eigenvalue weighted by atomic mass is 9.98. The second-order valence-electron chi connectivity index (χ2n) is 8.58. The van der Waals surface area contributed by atoms with Gasteiger partial charge in [0.25, 0.3) is 5.91 Å². The Hall–Kier alpha value is -3.43. The molecule has 8 nitrogen and oxygen atoms in total. The number of ether oxygens (including phenoxy) is 2. The minimum Gasteiger partial charge on any atom is -0.493 e. The molecule has 0 N–H and O–H groups in total. The van der Waals surface area contributed by atoms with Crippen molar-refractivity contribution in [3.63, 3.8) is 0 Å². The summed E-state index contributed by atoms with van der Waals surface area (Å²) in [6, 6.07) is 9.23. The number of halogens is 1. The van der Waals surface area contributed by atoms with E-state index >= 15 is 0 Å². The molecular formula is C25H22ClN3O5S. The molecule has 0 saturated carbocycles. The molecule has 10 heteroatoms. The Morgan fingerprint density at radius 3 is 2.57 bits per heavy atom. The van der Waals surface area contributed by atoms with Gasteiger partial charge in [-0.05, 0) is 41.8 Å². The highest BCUT2D eigenvalue weighted by molar-refractivity contribution is 7.15. The fourth-order valence-electron chi connectivity index (χ4n) is 4.25. The van der Waals surface area contributed by atoms with Crippen molar-refractivity contribution in [2.45, 2.75) is 26.3 Å². The van der Waals surface area contributed by atoms with Crippen molar-refractivity contribution in [3.05, 3.63) is 73.5 Å². The molecule has 1 amide bonds. The Morgan fingerprint density at radius 1 is 1.09 bits per heavy atom. The Balaban J connectivity index is 1.75. The molecule has 2 aromatic heterocycles. The molecule has 1 aliphatic rings. The van der Waals surface area contributed by atoms with Crippen molar-refractivity contribution in [2.24, 2.45) is 5.92 Å². The molecule has 0 bridgehead atoms. The number of methoxy groups -OCH3 is 2. The molecule has 4 aromatic rings. The number of hydrogen-bond acceptors (Lipinski definition) is 8. The van der Waals surface area contributed by atoms with Gasteiger partial charge in [0.2, 0.25) is 10.9 Å². The smallest absolute Gasteiger partial charge is 0.297 e. The van der Waals surface area contributed by atoms with Crippen LogP contribution in [0.1, 0.15) is 46.6 Å². The highest BCUT2D eigenvalue weighted by atomic mass is 35.5. The molecule has 3 heterocycles. The largest absolute Gasteiger partial charge is 0.493 e. The van der Waals surface area contributed by atoms with Gasteiger partial charge in [0.15, 0.2) is 16.9 Å². The van der Waals surface area contributed by atoms with Crippen LogP contribution in [-0.2, 0) is 6.42 Å². The van der Waals surface area contributed by atoms with E-state index in [4.69, 9.17) is 25.5 Å². The van der Waals surface area contributed by atoms with Crippen molar-refractivity contribution in [1.82, 2.24) is 10.2 Å². The first-order chi connectivity index (χ1) is 16.8. The normalized spacial score (nSPS) is 15.2.